The highest BCUT2D eigenvalue weighted by atomic mass is 32.2. The first-order valence-electron chi connectivity index (χ1n) is 11.2. The molecular formula is C26H29N3O4S. The zero-order valence-electron chi connectivity index (χ0n) is 19.6. The van der Waals surface area contributed by atoms with Crippen LogP contribution in [0.5, 0.6) is 0 Å². The van der Waals surface area contributed by atoms with Crippen molar-refractivity contribution >= 4 is 33.2 Å². The Bertz CT molecular complexity index is 1260. The number of carbonyl (C=O) groups is 2. The number of hydrogen-bond acceptors (Lipinski definition) is 4. The summed E-state index contributed by atoms with van der Waals surface area (Å²) in [5.74, 6) is -0.581. The Morgan fingerprint density at radius 1 is 0.765 bits per heavy atom. The maximum Gasteiger partial charge on any atom is 0.264 e. The second-order valence-corrected chi connectivity index (χ2v) is 9.41. The number of benzene rings is 3. The minimum absolute atomic E-state index is 0.0244. The van der Waals surface area contributed by atoms with E-state index in [0.717, 1.165) is 0 Å². The monoisotopic (exact) mass is 479 g/mol. The summed E-state index contributed by atoms with van der Waals surface area (Å²) in [5, 5.41) is 2.76. The number of carbonyl (C=O) groups excluding carboxylic acids is 2. The van der Waals surface area contributed by atoms with Crippen LogP contribution < -0.4 is 9.62 Å². The molecule has 3 aromatic carbocycles. The van der Waals surface area contributed by atoms with Gasteiger partial charge in [0.25, 0.3) is 21.8 Å². The number of hydrogen-bond donors (Lipinski definition) is 1. The smallest absolute Gasteiger partial charge is 0.264 e. The SMILES string of the molecule is CCN(CC)C(=O)c1cccc(NC(=O)c2cccc(S(=O)(=O)N(CC)c3ccccc3)c2)c1. The molecule has 0 spiro atoms. The highest BCUT2D eigenvalue weighted by Crippen LogP contribution is 2.24. The largest absolute Gasteiger partial charge is 0.339 e. The summed E-state index contributed by atoms with van der Waals surface area (Å²) in [6, 6.07) is 21.5. The molecule has 34 heavy (non-hydrogen) atoms. The maximum atomic E-state index is 13.3. The summed E-state index contributed by atoms with van der Waals surface area (Å²) in [4.78, 5) is 27.3. The zero-order chi connectivity index (χ0) is 24.7. The molecule has 1 N–H and O–H groups in total. The van der Waals surface area contributed by atoms with Gasteiger partial charge in [0.1, 0.15) is 0 Å². The highest BCUT2D eigenvalue weighted by Gasteiger charge is 2.24. The van der Waals surface area contributed by atoms with Crippen LogP contribution in [0.3, 0.4) is 0 Å². The molecule has 0 fully saturated rings. The molecule has 0 atom stereocenters. The summed E-state index contributed by atoms with van der Waals surface area (Å²) in [6.07, 6.45) is 0. The van der Waals surface area contributed by atoms with E-state index in [0.29, 0.717) is 30.0 Å². The van der Waals surface area contributed by atoms with Crippen molar-refractivity contribution in [3.05, 3.63) is 90.0 Å². The molecule has 0 aliphatic rings. The van der Waals surface area contributed by atoms with E-state index >= 15 is 0 Å². The van der Waals surface area contributed by atoms with E-state index in [9.17, 15) is 18.0 Å². The van der Waals surface area contributed by atoms with Crippen LogP contribution in [0.15, 0.2) is 83.8 Å². The molecule has 0 bridgehead atoms. The minimum atomic E-state index is -3.86. The molecule has 7 nitrogen and oxygen atoms in total. The predicted octanol–water partition coefficient (Wildman–Crippen LogP) is 4.64. The van der Waals surface area contributed by atoms with Crippen LogP contribution in [0, 0.1) is 0 Å². The highest BCUT2D eigenvalue weighted by molar-refractivity contribution is 7.92. The average Bonchev–Trinajstić information content (AvgIpc) is 2.86. The van der Waals surface area contributed by atoms with Gasteiger partial charge in [-0.3, -0.25) is 13.9 Å². The van der Waals surface area contributed by atoms with Gasteiger partial charge in [-0.25, -0.2) is 8.42 Å². The molecule has 3 rings (SSSR count). The molecule has 0 saturated carbocycles. The van der Waals surface area contributed by atoms with Crippen LogP contribution in [-0.4, -0.2) is 44.8 Å². The van der Waals surface area contributed by atoms with Gasteiger partial charge in [0, 0.05) is 36.4 Å². The van der Waals surface area contributed by atoms with Crippen LogP contribution >= 0.6 is 0 Å². The number of nitrogens with zero attached hydrogens (tertiary/aromatic N) is 2. The van der Waals surface area contributed by atoms with Gasteiger partial charge >= 0.3 is 0 Å². The molecule has 2 amide bonds. The van der Waals surface area contributed by atoms with E-state index in [1.807, 2.05) is 19.9 Å². The summed E-state index contributed by atoms with van der Waals surface area (Å²) in [6.45, 7) is 7.00. The van der Waals surface area contributed by atoms with E-state index in [-0.39, 0.29) is 22.9 Å². The third kappa shape index (κ3) is 5.46. The lowest BCUT2D eigenvalue weighted by molar-refractivity contribution is 0.0772. The molecule has 0 heterocycles. The van der Waals surface area contributed by atoms with Crippen molar-refractivity contribution in [2.75, 3.05) is 29.3 Å². The Morgan fingerprint density at radius 3 is 2.06 bits per heavy atom. The van der Waals surface area contributed by atoms with Gasteiger partial charge in [-0.15, -0.1) is 0 Å². The number of sulfonamides is 1. The molecule has 0 aromatic heterocycles. The molecule has 178 valence electrons. The Morgan fingerprint density at radius 2 is 1.41 bits per heavy atom. The van der Waals surface area contributed by atoms with E-state index < -0.39 is 15.9 Å². The molecular weight excluding hydrogens is 450 g/mol. The van der Waals surface area contributed by atoms with E-state index in [1.165, 1.54) is 16.4 Å². The van der Waals surface area contributed by atoms with Crippen LogP contribution in [0.4, 0.5) is 11.4 Å². The molecule has 8 heteroatoms. The summed E-state index contributed by atoms with van der Waals surface area (Å²) in [5.41, 5.74) is 1.68. The molecule has 0 aliphatic carbocycles. The summed E-state index contributed by atoms with van der Waals surface area (Å²) in [7, 11) is -3.86. The van der Waals surface area contributed by atoms with Crippen molar-refractivity contribution in [3.63, 3.8) is 0 Å². The maximum absolute atomic E-state index is 13.3. The van der Waals surface area contributed by atoms with Crippen LogP contribution in [0.25, 0.3) is 0 Å². The fourth-order valence-corrected chi connectivity index (χ4v) is 5.16. The first-order valence-corrected chi connectivity index (χ1v) is 12.6. The fourth-order valence-electron chi connectivity index (χ4n) is 3.64. The van der Waals surface area contributed by atoms with Gasteiger partial charge in [-0.1, -0.05) is 30.3 Å². The predicted molar refractivity (Wildman–Crippen MR) is 135 cm³/mol. The Labute approximate surface area is 201 Å². The van der Waals surface area contributed by atoms with Crippen LogP contribution in [0.2, 0.25) is 0 Å². The van der Waals surface area contributed by atoms with E-state index in [1.54, 1.807) is 72.5 Å². The van der Waals surface area contributed by atoms with Gasteiger partial charge in [0.05, 0.1) is 10.6 Å². The molecule has 0 saturated heterocycles. The average molecular weight is 480 g/mol. The lowest BCUT2D eigenvalue weighted by Gasteiger charge is -2.23. The first kappa shape index (κ1) is 25.0. The third-order valence-corrected chi connectivity index (χ3v) is 7.33. The quantitative estimate of drug-likeness (QED) is 0.485. The third-order valence-electron chi connectivity index (χ3n) is 5.43. The van der Waals surface area contributed by atoms with Crippen molar-refractivity contribution in [2.24, 2.45) is 0 Å². The Hall–Kier alpha value is -3.65. The topological polar surface area (TPSA) is 86.8 Å². The van der Waals surface area contributed by atoms with E-state index in [4.69, 9.17) is 0 Å². The van der Waals surface area contributed by atoms with Gasteiger partial charge < -0.3 is 10.2 Å². The van der Waals surface area contributed by atoms with Crippen molar-refractivity contribution in [2.45, 2.75) is 25.7 Å². The standard InChI is InChI=1S/C26H29N3O4S/c1-4-28(5-2)26(31)21-13-10-14-22(18-21)27-25(30)20-12-11-17-24(19-20)34(32,33)29(6-3)23-15-8-7-9-16-23/h7-19H,4-6H2,1-3H3,(H,27,30). The number of para-hydroxylation sites is 1. The van der Waals surface area contributed by atoms with Crippen molar-refractivity contribution < 1.29 is 18.0 Å². The number of rotatable bonds is 9. The zero-order valence-corrected chi connectivity index (χ0v) is 20.4. The minimum Gasteiger partial charge on any atom is -0.339 e. The summed E-state index contributed by atoms with van der Waals surface area (Å²) >= 11 is 0. The van der Waals surface area contributed by atoms with Crippen LogP contribution in [0.1, 0.15) is 41.5 Å². The fraction of sp³-hybridized carbons (Fsp3) is 0.231. The Kier molecular flexibility index (Phi) is 8.07. The molecule has 3 aromatic rings. The van der Waals surface area contributed by atoms with Gasteiger partial charge in [-0.2, -0.15) is 0 Å². The lowest BCUT2D eigenvalue weighted by Crippen LogP contribution is -2.31. The van der Waals surface area contributed by atoms with Crippen molar-refractivity contribution in [3.8, 4) is 0 Å². The second-order valence-electron chi connectivity index (χ2n) is 7.55. The van der Waals surface area contributed by atoms with Gasteiger partial charge in [0.15, 0.2) is 0 Å². The van der Waals surface area contributed by atoms with E-state index in [2.05, 4.69) is 5.32 Å². The van der Waals surface area contributed by atoms with Gasteiger partial charge in [0.2, 0.25) is 0 Å². The van der Waals surface area contributed by atoms with Gasteiger partial charge in [-0.05, 0) is 69.3 Å². The number of nitrogens with one attached hydrogen (secondary N) is 1. The molecule has 0 radical (unpaired) electrons. The lowest BCUT2D eigenvalue weighted by atomic mass is 10.1. The number of anilines is 2. The van der Waals surface area contributed by atoms with Crippen molar-refractivity contribution in [1.29, 1.82) is 0 Å². The summed E-state index contributed by atoms with van der Waals surface area (Å²) < 4.78 is 27.9. The normalized spacial score (nSPS) is 11.0. The first-order chi connectivity index (χ1) is 16.3. The van der Waals surface area contributed by atoms with Crippen LogP contribution in [-0.2, 0) is 10.0 Å². The Balaban J connectivity index is 1.84. The van der Waals surface area contributed by atoms with Crippen molar-refractivity contribution in [1.82, 2.24) is 4.90 Å². The number of amides is 2. The second kappa shape index (κ2) is 11.0. The molecule has 0 aliphatic heterocycles. The molecule has 0 unspecified atom stereocenters.